The van der Waals surface area contributed by atoms with E-state index < -0.39 is 0 Å². The van der Waals surface area contributed by atoms with Crippen LogP contribution in [0.3, 0.4) is 0 Å². The first kappa shape index (κ1) is 8.96. The maximum Gasteiger partial charge on any atom is 0.0244 e. The fourth-order valence-electron chi connectivity index (χ4n) is 1.28. The van der Waals surface area contributed by atoms with Crippen molar-refractivity contribution in [2.45, 2.75) is 25.8 Å². The topological polar surface area (TPSA) is 26.0 Å². The summed E-state index contributed by atoms with van der Waals surface area (Å²) >= 11 is 2.02. The molecule has 1 aliphatic rings. The first-order valence-corrected chi connectivity index (χ1v) is 5.23. The molecule has 0 spiro atoms. The normalized spacial score (nSPS) is 25.8. The summed E-state index contributed by atoms with van der Waals surface area (Å²) < 4.78 is 0. The summed E-state index contributed by atoms with van der Waals surface area (Å²) in [6.45, 7) is 1.87. The number of hydrogen-bond donors (Lipinski definition) is 1. The van der Waals surface area contributed by atoms with Gasteiger partial charge in [0.25, 0.3) is 0 Å². The summed E-state index contributed by atoms with van der Waals surface area (Å²) in [6.07, 6.45) is 2.17. The van der Waals surface area contributed by atoms with Crippen LogP contribution in [-0.2, 0) is 0 Å². The average Bonchev–Trinajstić information content (AvgIpc) is 2.52. The van der Waals surface area contributed by atoms with Crippen LogP contribution in [0.25, 0.3) is 0 Å². The van der Waals surface area contributed by atoms with E-state index in [0.29, 0.717) is 6.04 Å². The van der Waals surface area contributed by atoms with Crippen molar-refractivity contribution in [2.75, 3.05) is 11.5 Å². The molecule has 62 valence electrons. The Balaban J connectivity index is 2.26. The van der Waals surface area contributed by atoms with Crippen molar-refractivity contribution in [3.63, 3.8) is 0 Å². The Bertz CT molecular complexity index is 162. The molecule has 1 aliphatic heterocycles. The molecule has 1 saturated heterocycles. The van der Waals surface area contributed by atoms with E-state index in [1.165, 1.54) is 17.9 Å². The number of nitrogens with two attached hydrogens (primary N) is 1. The van der Waals surface area contributed by atoms with E-state index in [-0.39, 0.29) is 0 Å². The molecule has 0 bridgehead atoms. The Morgan fingerprint density at radius 2 is 2.55 bits per heavy atom. The molecule has 0 radical (unpaired) electrons. The third-order valence-corrected chi connectivity index (χ3v) is 3.27. The third kappa shape index (κ3) is 2.76. The smallest absolute Gasteiger partial charge is 0.0244 e. The van der Waals surface area contributed by atoms with Crippen LogP contribution in [0.15, 0.2) is 0 Å². The second-order valence-electron chi connectivity index (χ2n) is 2.92. The number of rotatable bonds is 2. The third-order valence-electron chi connectivity index (χ3n) is 2.08. The van der Waals surface area contributed by atoms with Crippen LogP contribution in [0, 0.1) is 17.8 Å². The summed E-state index contributed by atoms with van der Waals surface area (Å²) in [6, 6.07) is 0.317. The van der Waals surface area contributed by atoms with Crippen LogP contribution in [0.5, 0.6) is 0 Å². The van der Waals surface area contributed by atoms with Crippen molar-refractivity contribution in [2.24, 2.45) is 11.7 Å². The maximum atomic E-state index is 5.95. The quantitative estimate of drug-likeness (QED) is 0.634. The standard InChI is InChI=1S/C9H15NS/c1-2-3-4-9(10)8-5-6-11-7-8/h8-9H,4-7,10H2,1H3. The molecule has 2 heteroatoms. The average molecular weight is 169 g/mol. The lowest BCUT2D eigenvalue weighted by Crippen LogP contribution is -2.29. The summed E-state index contributed by atoms with van der Waals surface area (Å²) in [5.41, 5.74) is 5.95. The van der Waals surface area contributed by atoms with Gasteiger partial charge in [0, 0.05) is 12.5 Å². The number of thioether (sulfide) groups is 1. The molecule has 2 unspecified atom stereocenters. The molecule has 0 amide bonds. The Morgan fingerprint density at radius 3 is 3.09 bits per heavy atom. The van der Waals surface area contributed by atoms with Crippen molar-refractivity contribution in [1.82, 2.24) is 0 Å². The van der Waals surface area contributed by atoms with Crippen LogP contribution in [0.4, 0.5) is 0 Å². The van der Waals surface area contributed by atoms with Gasteiger partial charge in [-0.15, -0.1) is 11.8 Å². The summed E-state index contributed by atoms with van der Waals surface area (Å²) in [5, 5.41) is 0. The molecular formula is C9H15NS. The lowest BCUT2D eigenvalue weighted by molar-refractivity contribution is 0.473. The zero-order chi connectivity index (χ0) is 8.10. The minimum Gasteiger partial charge on any atom is -0.327 e. The van der Waals surface area contributed by atoms with Crippen LogP contribution in [0.2, 0.25) is 0 Å². The SMILES string of the molecule is CC#CCC(N)C1CCSC1. The van der Waals surface area contributed by atoms with E-state index in [1.54, 1.807) is 0 Å². The molecule has 2 N–H and O–H groups in total. The zero-order valence-electron chi connectivity index (χ0n) is 6.97. The van der Waals surface area contributed by atoms with Gasteiger partial charge >= 0.3 is 0 Å². The Labute approximate surface area is 73.1 Å². The van der Waals surface area contributed by atoms with Gasteiger partial charge in [-0.3, -0.25) is 0 Å². The van der Waals surface area contributed by atoms with Gasteiger partial charge in [-0.05, 0) is 30.8 Å². The van der Waals surface area contributed by atoms with Crippen molar-refractivity contribution < 1.29 is 0 Å². The van der Waals surface area contributed by atoms with E-state index in [2.05, 4.69) is 11.8 Å². The van der Waals surface area contributed by atoms with Gasteiger partial charge in [-0.25, -0.2) is 0 Å². The monoisotopic (exact) mass is 169 g/mol. The fraction of sp³-hybridized carbons (Fsp3) is 0.778. The molecule has 1 nitrogen and oxygen atoms in total. The molecule has 11 heavy (non-hydrogen) atoms. The lowest BCUT2D eigenvalue weighted by Gasteiger charge is -2.14. The predicted octanol–water partition coefficient (Wildman–Crippen LogP) is 1.48. The molecule has 1 rings (SSSR count). The van der Waals surface area contributed by atoms with Gasteiger partial charge in [-0.1, -0.05) is 0 Å². The van der Waals surface area contributed by atoms with E-state index in [0.717, 1.165) is 12.3 Å². The second-order valence-corrected chi connectivity index (χ2v) is 4.07. The van der Waals surface area contributed by atoms with Gasteiger partial charge in [0.05, 0.1) is 0 Å². The summed E-state index contributed by atoms with van der Waals surface area (Å²) in [7, 11) is 0. The predicted molar refractivity (Wildman–Crippen MR) is 51.5 cm³/mol. The highest BCUT2D eigenvalue weighted by atomic mass is 32.2. The van der Waals surface area contributed by atoms with Crippen LogP contribution < -0.4 is 5.73 Å². The van der Waals surface area contributed by atoms with E-state index in [9.17, 15) is 0 Å². The fourth-order valence-corrected chi connectivity index (χ4v) is 2.63. The first-order valence-electron chi connectivity index (χ1n) is 4.07. The molecule has 0 aromatic carbocycles. The molecule has 2 atom stereocenters. The first-order chi connectivity index (χ1) is 5.34. The molecule has 1 heterocycles. The highest BCUT2D eigenvalue weighted by Gasteiger charge is 2.21. The molecule has 0 aliphatic carbocycles. The number of hydrogen-bond acceptors (Lipinski definition) is 2. The molecular weight excluding hydrogens is 154 g/mol. The Morgan fingerprint density at radius 1 is 1.73 bits per heavy atom. The molecule has 0 saturated carbocycles. The van der Waals surface area contributed by atoms with Gasteiger partial charge in [0.2, 0.25) is 0 Å². The largest absolute Gasteiger partial charge is 0.327 e. The van der Waals surface area contributed by atoms with Crippen molar-refractivity contribution in [3.05, 3.63) is 0 Å². The zero-order valence-corrected chi connectivity index (χ0v) is 7.79. The van der Waals surface area contributed by atoms with Crippen LogP contribution in [0.1, 0.15) is 19.8 Å². The highest BCUT2D eigenvalue weighted by Crippen LogP contribution is 2.26. The van der Waals surface area contributed by atoms with E-state index >= 15 is 0 Å². The van der Waals surface area contributed by atoms with Gasteiger partial charge in [0.15, 0.2) is 0 Å². The molecule has 1 fully saturated rings. The van der Waals surface area contributed by atoms with E-state index in [1.807, 2.05) is 18.7 Å². The lowest BCUT2D eigenvalue weighted by atomic mass is 9.98. The minimum absolute atomic E-state index is 0.317. The highest BCUT2D eigenvalue weighted by molar-refractivity contribution is 7.99. The Kier molecular flexibility index (Phi) is 3.82. The van der Waals surface area contributed by atoms with Crippen molar-refractivity contribution in [1.29, 1.82) is 0 Å². The van der Waals surface area contributed by atoms with Crippen LogP contribution >= 0.6 is 11.8 Å². The summed E-state index contributed by atoms with van der Waals surface area (Å²) in [4.78, 5) is 0. The second kappa shape index (κ2) is 4.69. The summed E-state index contributed by atoms with van der Waals surface area (Å²) in [5.74, 6) is 9.18. The van der Waals surface area contributed by atoms with E-state index in [4.69, 9.17) is 5.73 Å². The Hall–Kier alpha value is -0.130. The van der Waals surface area contributed by atoms with Crippen molar-refractivity contribution in [3.8, 4) is 11.8 Å². The van der Waals surface area contributed by atoms with Gasteiger partial charge in [0.1, 0.15) is 0 Å². The maximum absolute atomic E-state index is 5.95. The van der Waals surface area contributed by atoms with Gasteiger partial charge < -0.3 is 5.73 Å². The molecule has 0 aromatic heterocycles. The van der Waals surface area contributed by atoms with Crippen molar-refractivity contribution >= 4 is 11.8 Å². The van der Waals surface area contributed by atoms with Crippen LogP contribution in [-0.4, -0.2) is 17.5 Å². The van der Waals surface area contributed by atoms with Gasteiger partial charge in [-0.2, -0.15) is 11.8 Å². The minimum atomic E-state index is 0.317. The molecule has 0 aromatic rings.